The molecule has 2 rings (SSSR count). The van der Waals surface area contributed by atoms with E-state index in [4.69, 9.17) is 0 Å². The van der Waals surface area contributed by atoms with Crippen molar-refractivity contribution in [1.29, 1.82) is 0 Å². The molecule has 82 valence electrons. The fourth-order valence-corrected chi connectivity index (χ4v) is 1.97. The van der Waals surface area contributed by atoms with Crippen LogP contribution in [0, 0.1) is 5.92 Å². The summed E-state index contributed by atoms with van der Waals surface area (Å²) in [7, 11) is 0. The van der Waals surface area contributed by atoms with Crippen molar-refractivity contribution >= 4 is 5.82 Å². The second-order valence-electron chi connectivity index (χ2n) is 4.28. The van der Waals surface area contributed by atoms with E-state index < -0.39 is 0 Å². The molecule has 0 spiro atoms. The van der Waals surface area contributed by atoms with Gasteiger partial charge < -0.3 is 5.32 Å². The van der Waals surface area contributed by atoms with Crippen LogP contribution in [0.1, 0.15) is 38.8 Å². The summed E-state index contributed by atoms with van der Waals surface area (Å²) in [6, 6.07) is 2.71. The van der Waals surface area contributed by atoms with E-state index in [2.05, 4.69) is 35.2 Å². The van der Waals surface area contributed by atoms with E-state index in [-0.39, 0.29) is 0 Å². The number of nitrogens with one attached hydrogen (secondary N) is 1. The third-order valence-electron chi connectivity index (χ3n) is 3.00. The Kier molecular flexibility index (Phi) is 3.19. The molecule has 0 amide bonds. The zero-order valence-corrected chi connectivity index (χ0v) is 9.53. The largest absolute Gasteiger partial charge is 0.367 e. The Bertz CT molecular complexity index is 324. The van der Waals surface area contributed by atoms with Crippen LogP contribution < -0.4 is 5.32 Å². The number of nitrogens with zero attached hydrogens (tertiary/aromatic N) is 2. The highest BCUT2D eigenvalue weighted by molar-refractivity contribution is 5.38. The zero-order chi connectivity index (χ0) is 10.7. The highest BCUT2D eigenvalue weighted by Gasteiger charge is 2.36. The molecule has 1 heterocycles. The topological polar surface area (TPSA) is 37.8 Å². The summed E-state index contributed by atoms with van der Waals surface area (Å²) in [6.07, 6.45) is 6.55. The third-order valence-corrected chi connectivity index (χ3v) is 3.00. The van der Waals surface area contributed by atoms with Gasteiger partial charge in [0.15, 0.2) is 0 Å². The Hall–Kier alpha value is -1.12. The maximum atomic E-state index is 4.24. The maximum absolute atomic E-state index is 4.24. The quantitative estimate of drug-likeness (QED) is 0.803. The average Bonchev–Trinajstić information content (AvgIpc) is 2.97. The van der Waals surface area contributed by atoms with Gasteiger partial charge in [0, 0.05) is 17.8 Å². The Labute approximate surface area is 91.3 Å². The van der Waals surface area contributed by atoms with Crippen LogP contribution in [-0.2, 0) is 6.42 Å². The molecule has 0 bridgehead atoms. The molecule has 2 unspecified atom stereocenters. The fourth-order valence-electron chi connectivity index (χ4n) is 1.97. The molecule has 3 nitrogen and oxygen atoms in total. The average molecular weight is 205 g/mol. The third kappa shape index (κ3) is 2.67. The van der Waals surface area contributed by atoms with Crippen molar-refractivity contribution in [3.8, 4) is 0 Å². The molecule has 0 aliphatic heterocycles. The van der Waals surface area contributed by atoms with Gasteiger partial charge in [-0.2, -0.15) is 0 Å². The Morgan fingerprint density at radius 3 is 3.00 bits per heavy atom. The Balaban J connectivity index is 1.89. The van der Waals surface area contributed by atoms with Gasteiger partial charge in [0.1, 0.15) is 12.1 Å². The zero-order valence-electron chi connectivity index (χ0n) is 9.53. The van der Waals surface area contributed by atoms with Crippen molar-refractivity contribution < 1.29 is 0 Å². The van der Waals surface area contributed by atoms with Crippen LogP contribution in [0.2, 0.25) is 0 Å². The smallest absolute Gasteiger partial charge is 0.129 e. The highest BCUT2D eigenvalue weighted by Crippen LogP contribution is 2.36. The standard InChI is InChI=1S/C12H19N3/c1-3-5-9-6-11(9)15-12-7-10(4-2)13-8-14-12/h7-9,11H,3-6H2,1-2H3,(H,13,14,15). The minimum absolute atomic E-state index is 0.657. The predicted octanol–water partition coefficient (Wildman–Crippen LogP) is 2.64. The lowest BCUT2D eigenvalue weighted by molar-refractivity contribution is 0.692. The summed E-state index contributed by atoms with van der Waals surface area (Å²) in [5.41, 5.74) is 1.11. The lowest BCUT2D eigenvalue weighted by Crippen LogP contribution is -2.07. The monoisotopic (exact) mass is 205 g/mol. The van der Waals surface area contributed by atoms with Gasteiger partial charge in [0.25, 0.3) is 0 Å². The van der Waals surface area contributed by atoms with Gasteiger partial charge in [0.05, 0.1) is 0 Å². The van der Waals surface area contributed by atoms with Crippen molar-refractivity contribution in [2.45, 2.75) is 45.6 Å². The fraction of sp³-hybridized carbons (Fsp3) is 0.667. The first-order valence-corrected chi connectivity index (χ1v) is 5.91. The number of rotatable bonds is 5. The van der Waals surface area contributed by atoms with Gasteiger partial charge >= 0.3 is 0 Å². The van der Waals surface area contributed by atoms with E-state index in [0.717, 1.165) is 23.9 Å². The summed E-state index contributed by atoms with van der Waals surface area (Å²) >= 11 is 0. The molecule has 1 aromatic heterocycles. The number of aryl methyl sites for hydroxylation is 1. The van der Waals surface area contributed by atoms with Crippen molar-refractivity contribution in [3.63, 3.8) is 0 Å². The van der Waals surface area contributed by atoms with Crippen LogP contribution in [-0.4, -0.2) is 16.0 Å². The molecule has 1 aliphatic carbocycles. The molecule has 1 N–H and O–H groups in total. The number of hydrogen-bond acceptors (Lipinski definition) is 3. The van der Waals surface area contributed by atoms with Crippen molar-refractivity contribution in [2.75, 3.05) is 5.32 Å². The summed E-state index contributed by atoms with van der Waals surface area (Å²) in [5.74, 6) is 1.86. The lowest BCUT2D eigenvalue weighted by atomic mass is 10.2. The van der Waals surface area contributed by atoms with Crippen LogP contribution in [0.4, 0.5) is 5.82 Å². The lowest BCUT2D eigenvalue weighted by Gasteiger charge is -2.05. The van der Waals surface area contributed by atoms with E-state index in [1.54, 1.807) is 6.33 Å². The van der Waals surface area contributed by atoms with E-state index in [9.17, 15) is 0 Å². The molecule has 1 aliphatic rings. The van der Waals surface area contributed by atoms with Gasteiger partial charge in [-0.15, -0.1) is 0 Å². The van der Waals surface area contributed by atoms with Crippen molar-refractivity contribution in [2.24, 2.45) is 5.92 Å². The van der Waals surface area contributed by atoms with Gasteiger partial charge in [-0.25, -0.2) is 9.97 Å². The first-order valence-electron chi connectivity index (χ1n) is 5.91. The minimum atomic E-state index is 0.657. The molecule has 15 heavy (non-hydrogen) atoms. The van der Waals surface area contributed by atoms with Gasteiger partial charge in [-0.1, -0.05) is 20.3 Å². The summed E-state index contributed by atoms with van der Waals surface area (Å²) in [4.78, 5) is 8.43. The Morgan fingerprint density at radius 2 is 2.27 bits per heavy atom. The van der Waals surface area contributed by atoms with E-state index in [1.807, 2.05) is 0 Å². The molecule has 1 aromatic rings. The first kappa shape index (κ1) is 10.4. The minimum Gasteiger partial charge on any atom is -0.367 e. The summed E-state index contributed by atoms with van der Waals surface area (Å²) in [6.45, 7) is 4.36. The maximum Gasteiger partial charge on any atom is 0.129 e. The van der Waals surface area contributed by atoms with Crippen LogP contribution in [0.15, 0.2) is 12.4 Å². The van der Waals surface area contributed by atoms with Crippen LogP contribution in [0.5, 0.6) is 0 Å². The molecular weight excluding hydrogens is 186 g/mol. The van der Waals surface area contributed by atoms with Crippen LogP contribution in [0.25, 0.3) is 0 Å². The van der Waals surface area contributed by atoms with Crippen molar-refractivity contribution in [1.82, 2.24) is 9.97 Å². The summed E-state index contributed by atoms with van der Waals surface area (Å²) < 4.78 is 0. The Morgan fingerprint density at radius 1 is 1.40 bits per heavy atom. The second kappa shape index (κ2) is 4.60. The highest BCUT2D eigenvalue weighted by atomic mass is 15.1. The van der Waals surface area contributed by atoms with Gasteiger partial charge in [-0.05, 0) is 25.2 Å². The molecule has 0 aromatic carbocycles. The SMILES string of the molecule is CCCC1CC1Nc1cc(CC)ncn1. The summed E-state index contributed by atoms with van der Waals surface area (Å²) in [5, 5.41) is 3.47. The number of anilines is 1. The number of aromatic nitrogens is 2. The van der Waals surface area contributed by atoms with Crippen molar-refractivity contribution in [3.05, 3.63) is 18.1 Å². The van der Waals surface area contributed by atoms with Crippen LogP contribution >= 0.6 is 0 Å². The molecule has 0 saturated heterocycles. The normalized spacial score (nSPS) is 23.9. The van der Waals surface area contributed by atoms with E-state index in [0.29, 0.717) is 6.04 Å². The molecular formula is C12H19N3. The first-order chi connectivity index (χ1) is 7.33. The molecule has 0 radical (unpaired) electrons. The molecule has 1 saturated carbocycles. The molecule has 3 heteroatoms. The number of hydrogen-bond donors (Lipinski definition) is 1. The van der Waals surface area contributed by atoms with Gasteiger partial charge in [0.2, 0.25) is 0 Å². The van der Waals surface area contributed by atoms with E-state index >= 15 is 0 Å². The van der Waals surface area contributed by atoms with Crippen LogP contribution in [0.3, 0.4) is 0 Å². The van der Waals surface area contributed by atoms with E-state index in [1.165, 1.54) is 19.3 Å². The van der Waals surface area contributed by atoms with Gasteiger partial charge in [-0.3, -0.25) is 0 Å². The molecule has 2 atom stereocenters. The predicted molar refractivity (Wildman–Crippen MR) is 61.8 cm³/mol. The molecule has 1 fully saturated rings. The second-order valence-corrected chi connectivity index (χ2v) is 4.28.